The Kier molecular flexibility index (Phi) is 2.78. The van der Waals surface area contributed by atoms with Gasteiger partial charge in [0.1, 0.15) is 11.3 Å². The highest BCUT2D eigenvalue weighted by atomic mass is 19.1. The second kappa shape index (κ2) is 4.31. The minimum absolute atomic E-state index is 0.116. The van der Waals surface area contributed by atoms with Crippen LogP contribution in [0.3, 0.4) is 0 Å². The molecule has 0 aliphatic carbocycles. The molecule has 1 N–H and O–H groups in total. The Morgan fingerprint density at radius 1 is 1.33 bits per heavy atom. The lowest BCUT2D eigenvalue weighted by atomic mass is 9.95. The van der Waals surface area contributed by atoms with Crippen molar-refractivity contribution < 1.29 is 13.2 Å². The van der Waals surface area contributed by atoms with Gasteiger partial charge in [-0.15, -0.1) is 0 Å². The molecule has 0 radical (unpaired) electrons. The van der Waals surface area contributed by atoms with Crippen LogP contribution >= 0.6 is 0 Å². The molecule has 1 aromatic heterocycles. The first-order chi connectivity index (χ1) is 8.63. The van der Waals surface area contributed by atoms with Crippen LogP contribution in [0.1, 0.15) is 31.6 Å². The highest BCUT2D eigenvalue weighted by molar-refractivity contribution is 5.73. The number of benzene rings is 1. The summed E-state index contributed by atoms with van der Waals surface area (Å²) >= 11 is 0. The topological polar surface area (TPSA) is 38.1 Å². The van der Waals surface area contributed by atoms with Crippen molar-refractivity contribution in [1.29, 1.82) is 0 Å². The molecule has 0 unspecified atom stereocenters. The molecule has 3 nitrogen and oxygen atoms in total. The lowest BCUT2D eigenvalue weighted by Gasteiger charge is -2.25. The molecule has 96 valence electrons. The zero-order valence-corrected chi connectivity index (χ0v) is 10.0. The van der Waals surface area contributed by atoms with Gasteiger partial charge in [0, 0.05) is 30.6 Å². The van der Waals surface area contributed by atoms with Gasteiger partial charge in [-0.3, -0.25) is 0 Å². The van der Waals surface area contributed by atoms with E-state index in [-0.39, 0.29) is 17.0 Å². The first-order valence-corrected chi connectivity index (χ1v) is 6.12. The predicted molar refractivity (Wildman–Crippen MR) is 63.4 cm³/mol. The van der Waals surface area contributed by atoms with E-state index in [2.05, 4.69) is 17.2 Å². The van der Waals surface area contributed by atoms with Gasteiger partial charge in [-0.25, -0.2) is 13.8 Å². The summed E-state index contributed by atoms with van der Waals surface area (Å²) in [5, 5.41) is 3.33. The van der Waals surface area contributed by atoms with Gasteiger partial charge in [0.2, 0.25) is 0 Å². The summed E-state index contributed by atoms with van der Waals surface area (Å²) in [4.78, 5) is 4.15. The summed E-state index contributed by atoms with van der Waals surface area (Å²) in [5.41, 5.74) is 0.297. The highest BCUT2D eigenvalue weighted by Crippen LogP contribution is 2.29. The number of piperidine rings is 1. The summed E-state index contributed by atoms with van der Waals surface area (Å²) in [5.74, 6) is -0.680. The van der Waals surface area contributed by atoms with E-state index in [0.29, 0.717) is 11.9 Å². The minimum Gasteiger partial charge on any atom is -0.440 e. The van der Waals surface area contributed by atoms with E-state index in [1.165, 1.54) is 6.07 Å². The van der Waals surface area contributed by atoms with E-state index in [1.807, 2.05) is 0 Å². The van der Waals surface area contributed by atoms with Gasteiger partial charge in [0.25, 0.3) is 0 Å². The SMILES string of the molecule is C[C@@H]1CC[C@@H](c2nc3c(F)cc(F)cc3o2)CN1. The predicted octanol–water partition coefficient (Wildman–Crippen LogP) is 2.96. The van der Waals surface area contributed by atoms with Gasteiger partial charge >= 0.3 is 0 Å². The van der Waals surface area contributed by atoms with Crippen LogP contribution in [-0.2, 0) is 0 Å². The average molecular weight is 252 g/mol. The van der Waals surface area contributed by atoms with Gasteiger partial charge in [-0.2, -0.15) is 0 Å². The van der Waals surface area contributed by atoms with E-state index in [9.17, 15) is 8.78 Å². The van der Waals surface area contributed by atoms with E-state index in [0.717, 1.165) is 25.5 Å². The zero-order chi connectivity index (χ0) is 12.7. The maximum absolute atomic E-state index is 13.5. The molecule has 1 aliphatic heterocycles. The van der Waals surface area contributed by atoms with E-state index >= 15 is 0 Å². The van der Waals surface area contributed by atoms with Gasteiger partial charge < -0.3 is 9.73 Å². The number of halogens is 2. The average Bonchev–Trinajstić information content (AvgIpc) is 2.74. The van der Waals surface area contributed by atoms with Crippen LogP contribution in [0.5, 0.6) is 0 Å². The Labute approximate surface area is 103 Å². The lowest BCUT2D eigenvalue weighted by Crippen LogP contribution is -2.35. The Morgan fingerprint density at radius 2 is 2.17 bits per heavy atom. The molecule has 1 aliphatic rings. The number of aromatic nitrogens is 1. The first kappa shape index (κ1) is 11.6. The van der Waals surface area contributed by atoms with Crippen molar-refractivity contribution in [2.75, 3.05) is 6.54 Å². The summed E-state index contributed by atoms with van der Waals surface area (Å²) in [6.07, 6.45) is 1.98. The Morgan fingerprint density at radius 3 is 2.89 bits per heavy atom. The molecular formula is C13H14F2N2O. The maximum atomic E-state index is 13.5. The fourth-order valence-corrected chi connectivity index (χ4v) is 2.36. The standard InChI is InChI=1S/C13H14F2N2O/c1-7-2-3-8(6-16-7)13-17-12-10(15)4-9(14)5-11(12)18-13/h4-5,7-8,16H,2-3,6H2,1H3/t7-,8-/m1/s1. The van der Waals surface area contributed by atoms with Crippen molar-refractivity contribution >= 4 is 11.1 Å². The van der Waals surface area contributed by atoms with E-state index < -0.39 is 11.6 Å². The number of fused-ring (bicyclic) bond motifs is 1. The summed E-state index contributed by atoms with van der Waals surface area (Å²) < 4.78 is 32.0. The quantitative estimate of drug-likeness (QED) is 0.848. The Balaban J connectivity index is 1.96. The third-order valence-corrected chi connectivity index (χ3v) is 3.44. The fraction of sp³-hybridized carbons (Fsp3) is 0.462. The number of hydrogen-bond acceptors (Lipinski definition) is 3. The van der Waals surface area contributed by atoms with Crippen molar-refractivity contribution in [3.8, 4) is 0 Å². The summed E-state index contributed by atoms with van der Waals surface area (Å²) in [6.45, 7) is 2.88. The number of hydrogen-bond donors (Lipinski definition) is 1. The van der Waals surface area contributed by atoms with Crippen molar-refractivity contribution in [1.82, 2.24) is 10.3 Å². The zero-order valence-electron chi connectivity index (χ0n) is 10.0. The van der Waals surface area contributed by atoms with Gasteiger partial charge in [-0.05, 0) is 19.8 Å². The van der Waals surface area contributed by atoms with Crippen molar-refractivity contribution in [2.45, 2.75) is 31.7 Å². The van der Waals surface area contributed by atoms with Crippen molar-refractivity contribution in [3.05, 3.63) is 29.7 Å². The monoisotopic (exact) mass is 252 g/mol. The lowest BCUT2D eigenvalue weighted by molar-refractivity contribution is 0.342. The van der Waals surface area contributed by atoms with Crippen LogP contribution in [-0.4, -0.2) is 17.6 Å². The van der Waals surface area contributed by atoms with Crippen molar-refractivity contribution in [2.24, 2.45) is 0 Å². The number of nitrogens with zero attached hydrogens (tertiary/aromatic N) is 1. The molecule has 5 heteroatoms. The molecule has 1 aromatic carbocycles. The summed E-state index contributed by atoms with van der Waals surface area (Å²) in [6, 6.07) is 2.49. The van der Waals surface area contributed by atoms with Crippen molar-refractivity contribution in [3.63, 3.8) is 0 Å². The normalized spacial score (nSPS) is 24.6. The van der Waals surface area contributed by atoms with E-state index in [4.69, 9.17) is 4.42 Å². The van der Waals surface area contributed by atoms with Crippen LogP contribution in [0.25, 0.3) is 11.1 Å². The second-order valence-corrected chi connectivity index (χ2v) is 4.87. The number of oxazole rings is 1. The van der Waals surface area contributed by atoms with Crippen LogP contribution in [0.15, 0.2) is 16.5 Å². The number of rotatable bonds is 1. The molecule has 0 spiro atoms. The molecular weight excluding hydrogens is 238 g/mol. The molecule has 0 bridgehead atoms. The smallest absolute Gasteiger partial charge is 0.199 e. The van der Waals surface area contributed by atoms with Crippen LogP contribution in [0.2, 0.25) is 0 Å². The third-order valence-electron chi connectivity index (χ3n) is 3.44. The molecule has 1 fully saturated rings. The van der Waals surface area contributed by atoms with Gasteiger partial charge in [0.15, 0.2) is 17.3 Å². The van der Waals surface area contributed by atoms with Gasteiger partial charge in [-0.1, -0.05) is 0 Å². The van der Waals surface area contributed by atoms with Crippen LogP contribution in [0.4, 0.5) is 8.78 Å². The maximum Gasteiger partial charge on any atom is 0.199 e. The molecule has 0 saturated carbocycles. The van der Waals surface area contributed by atoms with E-state index in [1.54, 1.807) is 0 Å². The number of nitrogens with one attached hydrogen (secondary N) is 1. The van der Waals surface area contributed by atoms with Crippen LogP contribution in [0, 0.1) is 11.6 Å². The molecule has 18 heavy (non-hydrogen) atoms. The largest absolute Gasteiger partial charge is 0.440 e. The molecule has 2 aromatic rings. The fourth-order valence-electron chi connectivity index (χ4n) is 2.36. The van der Waals surface area contributed by atoms with Crippen LogP contribution < -0.4 is 5.32 Å². The molecule has 3 rings (SSSR count). The highest BCUT2D eigenvalue weighted by Gasteiger charge is 2.24. The third kappa shape index (κ3) is 1.99. The second-order valence-electron chi connectivity index (χ2n) is 4.87. The minimum atomic E-state index is -0.669. The first-order valence-electron chi connectivity index (χ1n) is 6.12. The summed E-state index contributed by atoms with van der Waals surface area (Å²) in [7, 11) is 0. The van der Waals surface area contributed by atoms with Gasteiger partial charge in [0.05, 0.1) is 0 Å². The molecule has 1 saturated heterocycles. The molecule has 0 amide bonds. The molecule has 2 atom stereocenters. The molecule has 2 heterocycles. The Bertz CT molecular complexity index is 574. The Hall–Kier alpha value is -1.49.